The standard InChI is InChI=1S/C13H10BrN5/c14-11-7-6-10(15)8-12(11)19-13(16-17-18-19)9-4-2-1-3-5-9/h1-8H,15H2. The van der Waals surface area contributed by atoms with Gasteiger partial charge in [-0.25, -0.2) is 0 Å². The number of benzene rings is 2. The van der Waals surface area contributed by atoms with Crippen molar-refractivity contribution in [2.24, 2.45) is 0 Å². The Bertz CT molecular complexity index is 708. The SMILES string of the molecule is Nc1ccc(Br)c(-n2nnnc2-c2ccccc2)c1. The molecule has 94 valence electrons. The second-order valence-electron chi connectivity index (χ2n) is 3.99. The van der Waals surface area contributed by atoms with Crippen molar-refractivity contribution in [2.45, 2.75) is 0 Å². The average Bonchev–Trinajstić information content (AvgIpc) is 2.91. The van der Waals surface area contributed by atoms with Crippen LogP contribution in [0.1, 0.15) is 0 Å². The third-order valence-corrected chi connectivity index (χ3v) is 3.37. The molecule has 0 radical (unpaired) electrons. The molecule has 5 nitrogen and oxygen atoms in total. The molecular weight excluding hydrogens is 306 g/mol. The predicted molar refractivity (Wildman–Crippen MR) is 76.7 cm³/mol. The van der Waals surface area contributed by atoms with Gasteiger partial charge in [-0.3, -0.25) is 0 Å². The summed E-state index contributed by atoms with van der Waals surface area (Å²) in [5.74, 6) is 0.673. The van der Waals surface area contributed by atoms with Gasteiger partial charge in [-0.15, -0.1) is 5.10 Å². The second kappa shape index (κ2) is 4.81. The van der Waals surface area contributed by atoms with E-state index in [0.717, 1.165) is 15.7 Å². The van der Waals surface area contributed by atoms with Crippen LogP contribution in [0.15, 0.2) is 53.0 Å². The van der Waals surface area contributed by atoms with Gasteiger partial charge >= 0.3 is 0 Å². The first-order chi connectivity index (χ1) is 9.25. The van der Waals surface area contributed by atoms with Crippen molar-refractivity contribution in [2.75, 3.05) is 5.73 Å². The normalized spacial score (nSPS) is 10.6. The van der Waals surface area contributed by atoms with Gasteiger partial charge in [0.2, 0.25) is 0 Å². The number of tetrazole rings is 1. The predicted octanol–water partition coefficient (Wildman–Crippen LogP) is 2.67. The molecule has 19 heavy (non-hydrogen) atoms. The highest BCUT2D eigenvalue weighted by atomic mass is 79.9. The van der Waals surface area contributed by atoms with E-state index in [1.54, 1.807) is 4.68 Å². The number of aromatic nitrogens is 4. The van der Waals surface area contributed by atoms with Gasteiger partial charge in [0.25, 0.3) is 0 Å². The van der Waals surface area contributed by atoms with Crippen LogP contribution in [0.5, 0.6) is 0 Å². The second-order valence-corrected chi connectivity index (χ2v) is 4.85. The Morgan fingerprint density at radius 1 is 1.05 bits per heavy atom. The highest BCUT2D eigenvalue weighted by molar-refractivity contribution is 9.10. The minimum Gasteiger partial charge on any atom is -0.399 e. The molecule has 0 aliphatic carbocycles. The highest BCUT2D eigenvalue weighted by Crippen LogP contribution is 2.26. The fraction of sp³-hybridized carbons (Fsp3) is 0. The molecule has 0 saturated carbocycles. The Morgan fingerprint density at radius 3 is 2.63 bits per heavy atom. The molecule has 0 saturated heterocycles. The van der Waals surface area contributed by atoms with Crippen LogP contribution >= 0.6 is 15.9 Å². The molecule has 2 aromatic carbocycles. The van der Waals surface area contributed by atoms with E-state index in [4.69, 9.17) is 5.73 Å². The smallest absolute Gasteiger partial charge is 0.187 e. The summed E-state index contributed by atoms with van der Waals surface area (Å²) in [6.07, 6.45) is 0. The summed E-state index contributed by atoms with van der Waals surface area (Å²) >= 11 is 3.49. The lowest BCUT2D eigenvalue weighted by atomic mass is 10.2. The van der Waals surface area contributed by atoms with E-state index in [2.05, 4.69) is 31.5 Å². The van der Waals surface area contributed by atoms with Crippen LogP contribution < -0.4 is 5.73 Å². The zero-order valence-corrected chi connectivity index (χ0v) is 11.4. The number of hydrogen-bond acceptors (Lipinski definition) is 4. The molecule has 2 N–H and O–H groups in total. The number of nitrogens with zero attached hydrogens (tertiary/aromatic N) is 4. The number of halogens is 1. The van der Waals surface area contributed by atoms with Crippen molar-refractivity contribution in [3.05, 3.63) is 53.0 Å². The third kappa shape index (κ3) is 2.22. The van der Waals surface area contributed by atoms with E-state index in [1.807, 2.05) is 48.5 Å². The largest absolute Gasteiger partial charge is 0.399 e. The fourth-order valence-corrected chi connectivity index (χ4v) is 2.22. The first-order valence-electron chi connectivity index (χ1n) is 5.65. The van der Waals surface area contributed by atoms with Gasteiger partial charge in [0.1, 0.15) is 0 Å². The molecule has 0 unspecified atom stereocenters. The Labute approximate surface area is 118 Å². The van der Waals surface area contributed by atoms with Gasteiger partial charge in [0.15, 0.2) is 5.82 Å². The Hall–Kier alpha value is -2.21. The van der Waals surface area contributed by atoms with Gasteiger partial charge in [-0.2, -0.15) is 4.68 Å². The number of anilines is 1. The van der Waals surface area contributed by atoms with Crippen LogP contribution in [0.4, 0.5) is 5.69 Å². The summed E-state index contributed by atoms with van der Waals surface area (Å²) in [6, 6.07) is 15.3. The van der Waals surface area contributed by atoms with Gasteiger partial charge in [-0.05, 0) is 44.6 Å². The zero-order chi connectivity index (χ0) is 13.2. The molecule has 0 aliphatic rings. The molecule has 0 aliphatic heterocycles. The van der Waals surface area contributed by atoms with Crippen LogP contribution in [0.2, 0.25) is 0 Å². The molecule has 3 rings (SSSR count). The van der Waals surface area contributed by atoms with E-state index >= 15 is 0 Å². The van der Waals surface area contributed by atoms with Gasteiger partial charge in [0, 0.05) is 15.7 Å². The molecule has 3 aromatic rings. The van der Waals surface area contributed by atoms with E-state index in [1.165, 1.54) is 0 Å². The van der Waals surface area contributed by atoms with E-state index in [9.17, 15) is 0 Å². The number of rotatable bonds is 2. The van der Waals surface area contributed by atoms with Crippen LogP contribution in [0.25, 0.3) is 17.1 Å². The quantitative estimate of drug-likeness (QED) is 0.738. The molecule has 0 spiro atoms. The maximum absolute atomic E-state index is 5.82. The van der Waals surface area contributed by atoms with Crippen molar-refractivity contribution in [1.29, 1.82) is 0 Å². The molecule has 0 amide bonds. The highest BCUT2D eigenvalue weighted by Gasteiger charge is 2.12. The molecule has 0 bridgehead atoms. The Kier molecular flexibility index (Phi) is 3.00. The van der Waals surface area contributed by atoms with Crippen LogP contribution in [-0.4, -0.2) is 20.2 Å². The molecule has 0 fully saturated rings. The minimum absolute atomic E-state index is 0.660. The summed E-state index contributed by atoms with van der Waals surface area (Å²) in [4.78, 5) is 0. The van der Waals surface area contributed by atoms with Crippen molar-refractivity contribution < 1.29 is 0 Å². The van der Waals surface area contributed by atoms with Crippen LogP contribution in [-0.2, 0) is 0 Å². The first kappa shape index (κ1) is 11.9. The molecule has 6 heteroatoms. The van der Waals surface area contributed by atoms with Crippen LogP contribution in [0.3, 0.4) is 0 Å². The molecular formula is C13H10BrN5. The van der Waals surface area contributed by atoms with Gasteiger partial charge in [-0.1, -0.05) is 30.3 Å². The lowest BCUT2D eigenvalue weighted by Gasteiger charge is -2.07. The lowest BCUT2D eigenvalue weighted by molar-refractivity contribution is 0.789. The third-order valence-electron chi connectivity index (χ3n) is 2.70. The summed E-state index contributed by atoms with van der Waals surface area (Å²) in [6.45, 7) is 0. The number of nitrogen functional groups attached to an aromatic ring is 1. The van der Waals surface area contributed by atoms with Crippen molar-refractivity contribution in [1.82, 2.24) is 20.2 Å². The number of hydrogen-bond donors (Lipinski definition) is 1. The van der Waals surface area contributed by atoms with E-state index in [-0.39, 0.29) is 0 Å². The van der Waals surface area contributed by atoms with Crippen molar-refractivity contribution in [3.63, 3.8) is 0 Å². The van der Waals surface area contributed by atoms with Crippen molar-refractivity contribution >= 4 is 21.6 Å². The molecule has 1 heterocycles. The monoisotopic (exact) mass is 315 g/mol. The summed E-state index contributed by atoms with van der Waals surface area (Å²) < 4.78 is 2.54. The Morgan fingerprint density at radius 2 is 1.84 bits per heavy atom. The topological polar surface area (TPSA) is 69.6 Å². The first-order valence-corrected chi connectivity index (χ1v) is 6.44. The maximum Gasteiger partial charge on any atom is 0.187 e. The van der Waals surface area contributed by atoms with Crippen LogP contribution in [0, 0.1) is 0 Å². The molecule has 0 atom stereocenters. The number of nitrogens with two attached hydrogens (primary N) is 1. The van der Waals surface area contributed by atoms with E-state index in [0.29, 0.717) is 11.5 Å². The summed E-state index contributed by atoms with van der Waals surface area (Å²) in [5, 5.41) is 11.9. The maximum atomic E-state index is 5.82. The van der Waals surface area contributed by atoms with E-state index < -0.39 is 0 Å². The van der Waals surface area contributed by atoms with Gasteiger partial charge in [0.05, 0.1) is 5.69 Å². The Balaban J connectivity index is 2.18. The summed E-state index contributed by atoms with van der Waals surface area (Å²) in [7, 11) is 0. The van der Waals surface area contributed by atoms with Gasteiger partial charge < -0.3 is 5.73 Å². The molecule has 1 aromatic heterocycles. The fourth-order valence-electron chi connectivity index (χ4n) is 1.81. The minimum atomic E-state index is 0.660. The lowest BCUT2D eigenvalue weighted by Crippen LogP contribution is -2.01. The summed E-state index contributed by atoms with van der Waals surface area (Å²) in [5.41, 5.74) is 8.23. The van der Waals surface area contributed by atoms with Crippen molar-refractivity contribution in [3.8, 4) is 17.1 Å². The zero-order valence-electron chi connectivity index (χ0n) is 9.86. The average molecular weight is 316 g/mol.